The van der Waals surface area contributed by atoms with E-state index in [1.54, 1.807) is 6.07 Å². The Morgan fingerprint density at radius 1 is 1.33 bits per heavy atom. The second-order valence-electron chi connectivity index (χ2n) is 5.68. The molecular weight excluding hydrogens is 513 g/mol. The largest absolute Gasteiger partial charge is 0.468 e. The lowest BCUT2D eigenvalue weighted by atomic mass is 10.2. The highest BCUT2D eigenvalue weighted by atomic mass is 79.9. The molecule has 0 atom stereocenters. The zero-order valence-corrected chi connectivity index (χ0v) is 18.6. The maximum absolute atomic E-state index is 13.0. The van der Waals surface area contributed by atoms with Gasteiger partial charge in [0.1, 0.15) is 23.0 Å². The molecule has 30 heavy (non-hydrogen) atoms. The van der Waals surface area contributed by atoms with Crippen molar-refractivity contribution in [2.45, 2.75) is 11.1 Å². The van der Waals surface area contributed by atoms with E-state index in [1.807, 2.05) is 0 Å². The zero-order chi connectivity index (χ0) is 22.7. The average molecular weight is 527 g/mol. The molecule has 0 aliphatic carbocycles. The summed E-state index contributed by atoms with van der Waals surface area (Å²) < 4.78 is 66.4. The van der Waals surface area contributed by atoms with Gasteiger partial charge in [-0.15, -0.1) is 10.2 Å². The van der Waals surface area contributed by atoms with Crippen molar-refractivity contribution in [1.29, 1.82) is 0 Å². The van der Waals surface area contributed by atoms with Crippen LogP contribution in [-0.4, -0.2) is 56.4 Å². The van der Waals surface area contributed by atoms with E-state index in [2.05, 4.69) is 35.9 Å². The molecule has 2 N–H and O–H groups in total. The van der Waals surface area contributed by atoms with Gasteiger partial charge in [-0.25, -0.2) is 8.42 Å². The Morgan fingerprint density at radius 2 is 2.00 bits per heavy atom. The van der Waals surface area contributed by atoms with Crippen molar-refractivity contribution in [3.8, 4) is 10.6 Å². The standard InChI is InChI=1S/C16H14BrF3N4O4S2/c1-28-10(25)7-22-12(11(17)13(21)16(18,19)20)15-24-23-14(29-15)8-4-3-5-9(6-8)30(2,26)27/h3-6H,7,21H2,1-2H3/b13-11+,22-12?. The predicted molar refractivity (Wildman–Crippen MR) is 108 cm³/mol. The number of allylic oxidation sites excluding steroid dienone is 2. The Morgan fingerprint density at radius 3 is 2.57 bits per heavy atom. The van der Waals surface area contributed by atoms with Crippen LogP contribution in [0.1, 0.15) is 5.01 Å². The molecule has 1 heterocycles. The first-order valence-corrected chi connectivity index (χ1v) is 11.3. The highest BCUT2D eigenvalue weighted by Gasteiger charge is 2.35. The van der Waals surface area contributed by atoms with Gasteiger partial charge in [-0.1, -0.05) is 23.5 Å². The fraction of sp³-hybridized carbons (Fsp3) is 0.250. The number of esters is 1. The molecule has 1 aromatic carbocycles. The predicted octanol–water partition coefficient (Wildman–Crippen LogP) is 2.70. The average Bonchev–Trinajstić information content (AvgIpc) is 3.15. The molecule has 0 aliphatic rings. The van der Waals surface area contributed by atoms with E-state index in [4.69, 9.17) is 5.73 Å². The Labute approximate surface area is 181 Å². The van der Waals surface area contributed by atoms with Crippen molar-refractivity contribution in [1.82, 2.24) is 10.2 Å². The number of carbonyl (C=O) groups excluding carboxylic acids is 1. The molecule has 0 fully saturated rings. The Kier molecular flexibility index (Phi) is 7.36. The number of nitrogens with two attached hydrogens (primary N) is 1. The van der Waals surface area contributed by atoms with Crippen LogP contribution in [0.5, 0.6) is 0 Å². The van der Waals surface area contributed by atoms with Crippen LogP contribution < -0.4 is 5.73 Å². The van der Waals surface area contributed by atoms with Gasteiger partial charge in [0, 0.05) is 11.8 Å². The molecular formula is C16H14BrF3N4O4S2. The molecule has 0 aliphatic heterocycles. The molecule has 162 valence electrons. The number of alkyl halides is 3. The fourth-order valence-corrected chi connectivity index (χ4v) is 4.18. The highest BCUT2D eigenvalue weighted by molar-refractivity contribution is 9.12. The second kappa shape index (κ2) is 9.22. The molecule has 0 spiro atoms. The van der Waals surface area contributed by atoms with E-state index in [9.17, 15) is 26.4 Å². The third-order valence-electron chi connectivity index (χ3n) is 3.48. The number of rotatable bonds is 6. The molecule has 2 rings (SSSR count). The summed E-state index contributed by atoms with van der Waals surface area (Å²) in [5.41, 5.74) is 3.73. The number of carbonyl (C=O) groups is 1. The van der Waals surface area contributed by atoms with Gasteiger partial charge in [0.2, 0.25) is 0 Å². The molecule has 0 saturated carbocycles. The number of sulfone groups is 1. The van der Waals surface area contributed by atoms with Crippen LogP contribution in [0.2, 0.25) is 0 Å². The fourth-order valence-electron chi connectivity index (χ4n) is 1.99. The van der Waals surface area contributed by atoms with Gasteiger partial charge < -0.3 is 10.5 Å². The number of aromatic nitrogens is 2. The summed E-state index contributed by atoms with van der Waals surface area (Å²) in [6.07, 6.45) is -3.82. The molecule has 0 bridgehead atoms. The number of ether oxygens (including phenoxy) is 1. The number of aliphatic imine (C=N–C) groups is 1. The van der Waals surface area contributed by atoms with E-state index < -0.39 is 38.7 Å². The van der Waals surface area contributed by atoms with E-state index in [0.717, 1.165) is 24.7 Å². The lowest BCUT2D eigenvalue weighted by molar-refractivity contribution is -0.138. The van der Waals surface area contributed by atoms with Gasteiger partial charge in [-0.3, -0.25) is 9.79 Å². The van der Waals surface area contributed by atoms with Gasteiger partial charge in [0.05, 0.1) is 16.5 Å². The summed E-state index contributed by atoms with van der Waals surface area (Å²) in [6, 6.07) is 5.82. The van der Waals surface area contributed by atoms with Gasteiger partial charge >= 0.3 is 12.1 Å². The van der Waals surface area contributed by atoms with Crippen molar-refractivity contribution in [3.63, 3.8) is 0 Å². The third kappa shape index (κ3) is 5.86. The Hall–Kier alpha value is -2.32. The van der Waals surface area contributed by atoms with E-state index in [-0.39, 0.29) is 20.6 Å². The number of nitrogens with zero attached hydrogens (tertiary/aromatic N) is 3. The van der Waals surface area contributed by atoms with Crippen LogP contribution >= 0.6 is 27.3 Å². The molecule has 2 aromatic rings. The van der Waals surface area contributed by atoms with E-state index in [1.165, 1.54) is 18.2 Å². The number of hydrogen-bond donors (Lipinski definition) is 1. The summed E-state index contributed by atoms with van der Waals surface area (Å²) in [6.45, 7) is -0.579. The summed E-state index contributed by atoms with van der Waals surface area (Å²) in [5, 5.41) is 7.87. The summed E-state index contributed by atoms with van der Waals surface area (Å²) in [4.78, 5) is 15.3. The number of halogens is 4. The first kappa shape index (κ1) is 24.0. The van der Waals surface area contributed by atoms with Crippen LogP contribution in [0.15, 0.2) is 44.3 Å². The maximum atomic E-state index is 13.0. The van der Waals surface area contributed by atoms with Crippen LogP contribution in [-0.2, 0) is 19.4 Å². The molecule has 0 unspecified atom stereocenters. The molecule has 14 heteroatoms. The third-order valence-corrected chi connectivity index (χ3v) is 6.37. The highest BCUT2D eigenvalue weighted by Crippen LogP contribution is 2.32. The van der Waals surface area contributed by atoms with Crippen LogP contribution in [0.25, 0.3) is 10.6 Å². The van der Waals surface area contributed by atoms with Crippen LogP contribution in [0, 0.1) is 0 Å². The maximum Gasteiger partial charge on any atom is 0.431 e. The number of hydrogen-bond acceptors (Lipinski definition) is 9. The van der Waals surface area contributed by atoms with Crippen molar-refractivity contribution in [2.24, 2.45) is 10.7 Å². The van der Waals surface area contributed by atoms with E-state index >= 15 is 0 Å². The topological polar surface area (TPSA) is 125 Å². The molecule has 0 amide bonds. The minimum Gasteiger partial charge on any atom is -0.468 e. The quantitative estimate of drug-likeness (QED) is 0.453. The van der Waals surface area contributed by atoms with Gasteiger partial charge in [-0.2, -0.15) is 13.2 Å². The normalized spacial score (nSPS) is 13.7. The minimum atomic E-state index is -4.86. The smallest absolute Gasteiger partial charge is 0.431 e. The SMILES string of the molecule is COC(=O)CN=C(/C(Br)=C(\N)C(F)(F)F)c1nnc(-c2cccc(S(C)(=O)=O)c2)s1. The monoisotopic (exact) mass is 526 g/mol. The second-order valence-corrected chi connectivity index (χ2v) is 9.47. The molecule has 0 saturated heterocycles. The summed E-state index contributed by atoms with van der Waals surface area (Å²) in [7, 11) is -2.38. The molecule has 8 nitrogen and oxygen atoms in total. The summed E-state index contributed by atoms with van der Waals surface area (Å²) in [5.74, 6) is -0.788. The molecule has 1 aromatic heterocycles. The molecule has 0 radical (unpaired) electrons. The van der Waals surface area contributed by atoms with Crippen molar-refractivity contribution in [3.05, 3.63) is 39.5 Å². The zero-order valence-electron chi connectivity index (χ0n) is 15.4. The van der Waals surface area contributed by atoms with Crippen LogP contribution in [0.3, 0.4) is 0 Å². The first-order chi connectivity index (χ1) is 13.8. The Balaban J connectivity index is 2.55. The van der Waals surface area contributed by atoms with Crippen molar-refractivity contribution >= 4 is 48.8 Å². The van der Waals surface area contributed by atoms with Crippen molar-refractivity contribution in [2.75, 3.05) is 19.9 Å². The van der Waals surface area contributed by atoms with Gasteiger partial charge in [0.25, 0.3) is 0 Å². The first-order valence-electron chi connectivity index (χ1n) is 7.83. The summed E-state index contributed by atoms with van der Waals surface area (Å²) >= 11 is 3.61. The van der Waals surface area contributed by atoms with Gasteiger partial charge in [-0.05, 0) is 28.1 Å². The van der Waals surface area contributed by atoms with Crippen molar-refractivity contribution < 1.29 is 31.1 Å². The van der Waals surface area contributed by atoms with E-state index in [0.29, 0.717) is 5.56 Å². The van der Waals surface area contributed by atoms with Crippen LogP contribution in [0.4, 0.5) is 13.2 Å². The lowest BCUT2D eigenvalue weighted by Gasteiger charge is -2.10. The minimum absolute atomic E-state index is 0.0405. The number of methoxy groups -OCH3 is 1. The van der Waals surface area contributed by atoms with Gasteiger partial charge in [0.15, 0.2) is 14.8 Å². The number of benzene rings is 1. The lowest BCUT2D eigenvalue weighted by Crippen LogP contribution is -2.23. The Bertz CT molecular complexity index is 1130.